The molecule has 108 valence electrons. The van der Waals surface area contributed by atoms with E-state index >= 15 is 0 Å². The Balaban J connectivity index is 2.11. The highest BCUT2D eigenvalue weighted by molar-refractivity contribution is 5.50. The molecular formula is C12H21N3O4. The number of ether oxygens (including phenoxy) is 1. The van der Waals surface area contributed by atoms with Crippen molar-refractivity contribution in [2.45, 2.75) is 38.0 Å². The quantitative estimate of drug-likeness (QED) is 0.493. The summed E-state index contributed by atoms with van der Waals surface area (Å²) in [6.07, 6.45) is -0.575. The second-order valence-corrected chi connectivity index (χ2v) is 4.85. The molecule has 4 atom stereocenters. The van der Waals surface area contributed by atoms with Gasteiger partial charge in [-0.05, 0) is 12.8 Å². The van der Waals surface area contributed by atoms with Gasteiger partial charge in [-0.1, -0.05) is 6.92 Å². The van der Waals surface area contributed by atoms with Crippen molar-refractivity contribution < 1.29 is 20.1 Å². The Labute approximate surface area is 111 Å². The van der Waals surface area contributed by atoms with Crippen molar-refractivity contribution in [1.82, 2.24) is 10.2 Å². The van der Waals surface area contributed by atoms with Crippen LogP contribution < -0.4 is 10.1 Å². The molecule has 0 spiro atoms. The number of methoxy groups -OCH3 is 1. The minimum absolute atomic E-state index is 0.136. The van der Waals surface area contributed by atoms with Gasteiger partial charge in [0.2, 0.25) is 5.88 Å². The topological polar surface area (TPSA) is 111 Å². The fourth-order valence-electron chi connectivity index (χ4n) is 2.60. The number of rotatable bonds is 5. The van der Waals surface area contributed by atoms with Crippen molar-refractivity contribution in [3.05, 3.63) is 5.56 Å². The summed E-state index contributed by atoms with van der Waals surface area (Å²) in [4.78, 5) is 0. The Bertz CT molecular complexity index is 423. The maximum atomic E-state index is 9.96. The normalized spacial score (nSPS) is 30.6. The number of H-pyrrole nitrogens is 1. The molecule has 1 aromatic heterocycles. The number of nitrogens with one attached hydrogen (secondary N) is 2. The fraction of sp³-hybridized carbons (Fsp3) is 0.750. The number of aromatic amines is 1. The minimum atomic E-state index is -0.906. The van der Waals surface area contributed by atoms with Crippen LogP contribution in [0.1, 0.15) is 18.9 Å². The van der Waals surface area contributed by atoms with Crippen LogP contribution in [0, 0.1) is 5.92 Å². The number of hydrogen-bond acceptors (Lipinski definition) is 6. The second-order valence-electron chi connectivity index (χ2n) is 4.85. The van der Waals surface area contributed by atoms with Gasteiger partial charge in [-0.15, -0.1) is 5.10 Å². The van der Waals surface area contributed by atoms with Gasteiger partial charge < -0.3 is 25.4 Å². The van der Waals surface area contributed by atoms with E-state index < -0.39 is 12.2 Å². The van der Waals surface area contributed by atoms with E-state index in [0.717, 1.165) is 12.0 Å². The van der Waals surface area contributed by atoms with E-state index in [9.17, 15) is 10.2 Å². The molecular weight excluding hydrogens is 250 g/mol. The second kappa shape index (κ2) is 5.77. The lowest BCUT2D eigenvalue weighted by Crippen LogP contribution is -2.35. The Kier molecular flexibility index (Phi) is 4.28. The highest BCUT2D eigenvalue weighted by atomic mass is 16.5. The highest BCUT2D eigenvalue weighted by Crippen LogP contribution is 2.31. The standard InChI is InChI=1S/C12H21N3O4/c1-3-7-11(14-15-12(7)19-2)13-8-4-6(5-16)9(17)10(8)18/h6,8-10,16-18H,3-5H2,1-2H3,(H2,13,14,15). The van der Waals surface area contributed by atoms with E-state index in [-0.39, 0.29) is 18.6 Å². The third kappa shape index (κ3) is 2.54. The zero-order valence-corrected chi connectivity index (χ0v) is 11.1. The van der Waals surface area contributed by atoms with Gasteiger partial charge in [-0.3, -0.25) is 5.10 Å². The summed E-state index contributed by atoms with van der Waals surface area (Å²) >= 11 is 0. The average molecular weight is 271 g/mol. The van der Waals surface area contributed by atoms with E-state index in [1.54, 1.807) is 7.11 Å². The van der Waals surface area contributed by atoms with Crippen LogP contribution in [-0.4, -0.2) is 57.5 Å². The van der Waals surface area contributed by atoms with Crippen LogP contribution >= 0.6 is 0 Å². The lowest BCUT2D eigenvalue weighted by Gasteiger charge is -2.18. The smallest absolute Gasteiger partial charge is 0.237 e. The van der Waals surface area contributed by atoms with Crippen LogP contribution in [0.4, 0.5) is 5.82 Å². The Morgan fingerprint density at radius 1 is 1.42 bits per heavy atom. The van der Waals surface area contributed by atoms with Crippen LogP contribution in [0.25, 0.3) is 0 Å². The average Bonchev–Trinajstić information content (AvgIpc) is 2.94. The fourth-order valence-corrected chi connectivity index (χ4v) is 2.60. The summed E-state index contributed by atoms with van der Waals surface area (Å²) in [6.45, 7) is 1.85. The van der Waals surface area contributed by atoms with Gasteiger partial charge in [0.05, 0.1) is 24.8 Å². The predicted octanol–water partition coefficient (Wildman–Crippen LogP) is -0.505. The molecule has 1 heterocycles. The van der Waals surface area contributed by atoms with Crippen molar-refractivity contribution >= 4 is 5.82 Å². The number of nitrogens with zero attached hydrogens (tertiary/aromatic N) is 1. The van der Waals surface area contributed by atoms with Gasteiger partial charge in [-0.2, -0.15) is 0 Å². The molecule has 7 nitrogen and oxygen atoms in total. The van der Waals surface area contributed by atoms with Crippen LogP contribution in [0.5, 0.6) is 5.88 Å². The molecule has 0 aliphatic heterocycles. The van der Waals surface area contributed by atoms with Crippen LogP contribution in [0.3, 0.4) is 0 Å². The molecule has 0 bridgehead atoms. The molecule has 0 aromatic carbocycles. The van der Waals surface area contributed by atoms with Gasteiger partial charge in [0.25, 0.3) is 0 Å². The summed E-state index contributed by atoms with van der Waals surface area (Å²) in [5, 5.41) is 38.9. The molecule has 0 amide bonds. The highest BCUT2D eigenvalue weighted by Gasteiger charge is 2.41. The zero-order valence-electron chi connectivity index (χ0n) is 11.1. The Morgan fingerprint density at radius 3 is 2.68 bits per heavy atom. The van der Waals surface area contributed by atoms with Crippen molar-refractivity contribution in [3.8, 4) is 5.88 Å². The summed E-state index contributed by atoms with van der Waals surface area (Å²) < 4.78 is 5.14. The maximum absolute atomic E-state index is 9.96. The zero-order chi connectivity index (χ0) is 14.0. The first-order chi connectivity index (χ1) is 9.12. The van der Waals surface area contributed by atoms with Gasteiger partial charge in [0, 0.05) is 12.5 Å². The molecule has 0 saturated heterocycles. The van der Waals surface area contributed by atoms with Crippen LogP contribution in [0.15, 0.2) is 0 Å². The first-order valence-corrected chi connectivity index (χ1v) is 6.47. The number of aliphatic hydroxyl groups excluding tert-OH is 3. The molecule has 1 fully saturated rings. The van der Waals surface area contributed by atoms with Crippen LogP contribution in [0.2, 0.25) is 0 Å². The van der Waals surface area contributed by atoms with Gasteiger partial charge in [-0.25, -0.2) is 0 Å². The lowest BCUT2D eigenvalue weighted by molar-refractivity contribution is 0.00445. The molecule has 5 N–H and O–H groups in total. The van der Waals surface area contributed by atoms with E-state index in [1.807, 2.05) is 6.92 Å². The first-order valence-electron chi connectivity index (χ1n) is 6.47. The predicted molar refractivity (Wildman–Crippen MR) is 69.1 cm³/mol. The molecule has 4 unspecified atom stereocenters. The number of aliphatic hydroxyl groups is 3. The first kappa shape index (κ1) is 14.1. The van der Waals surface area contributed by atoms with Gasteiger partial charge in [0.15, 0.2) is 0 Å². The maximum Gasteiger partial charge on any atom is 0.237 e. The third-order valence-corrected chi connectivity index (χ3v) is 3.74. The summed E-state index contributed by atoms with van der Waals surface area (Å²) in [6, 6.07) is -0.317. The van der Waals surface area contributed by atoms with E-state index in [0.29, 0.717) is 18.1 Å². The Morgan fingerprint density at radius 2 is 2.16 bits per heavy atom. The molecule has 7 heteroatoms. The molecule has 0 radical (unpaired) electrons. The number of hydrogen-bond donors (Lipinski definition) is 5. The molecule has 2 rings (SSSR count). The summed E-state index contributed by atoms with van der Waals surface area (Å²) in [5.74, 6) is 0.910. The molecule has 1 aliphatic carbocycles. The van der Waals surface area contributed by atoms with Crippen LogP contribution in [-0.2, 0) is 6.42 Å². The SMILES string of the molecule is CCc1c(OC)n[nH]c1NC1CC(CO)C(O)C1O. The van der Waals surface area contributed by atoms with Gasteiger partial charge in [0.1, 0.15) is 11.9 Å². The minimum Gasteiger partial charge on any atom is -0.480 e. The van der Waals surface area contributed by atoms with Gasteiger partial charge >= 0.3 is 0 Å². The molecule has 1 saturated carbocycles. The van der Waals surface area contributed by atoms with E-state index in [1.165, 1.54) is 0 Å². The van der Waals surface area contributed by atoms with E-state index in [4.69, 9.17) is 9.84 Å². The summed E-state index contributed by atoms with van der Waals surface area (Å²) in [5.41, 5.74) is 0.900. The third-order valence-electron chi connectivity index (χ3n) is 3.74. The van der Waals surface area contributed by atoms with E-state index in [2.05, 4.69) is 15.5 Å². The number of anilines is 1. The Hall–Kier alpha value is -1.31. The van der Waals surface area contributed by atoms with Crippen molar-refractivity contribution in [2.75, 3.05) is 19.0 Å². The molecule has 19 heavy (non-hydrogen) atoms. The lowest BCUT2D eigenvalue weighted by atomic mass is 10.1. The molecule has 1 aliphatic rings. The van der Waals surface area contributed by atoms with Crippen molar-refractivity contribution in [1.29, 1.82) is 0 Å². The van der Waals surface area contributed by atoms with Crippen molar-refractivity contribution in [3.63, 3.8) is 0 Å². The summed E-state index contributed by atoms with van der Waals surface area (Å²) in [7, 11) is 1.55. The number of aromatic nitrogens is 2. The largest absolute Gasteiger partial charge is 0.480 e. The van der Waals surface area contributed by atoms with Crippen molar-refractivity contribution in [2.24, 2.45) is 5.92 Å². The monoisotopic (exact) mass is 271 g/mol. The molecule has 1 aromatic rings.